The van der Waals surface area contributed by atoms with Crippen LogP contribution in [-0.2, 0) is 14.4 Å². The van der Waals surface area contributed by atoms with Crippen LogP contribution in [0.4, 0.5) is 4.53 Å². The van der Waals surface area contributed by atoms with Crippen LogP contribution >= 0.6 is 0 Å². The second-order valence-corrected chi connectivity index (χ2v) is 3.09. The van der Waals surface area contributed by atoms with Gasteiger partial charge in [0.2, 0.25) is 0 Å². The molecule has 1 saturated heterocycles. The minimum atomic E-state index is 0.451. The summed E-state index contributed by atoms with van der Waals surface area (Å²) in [5.74, 6) is 0. The predicted octanol–water partition coefficient (Wildman–Crippen LogP) is 0.871. The van der Waals surface area contributed by atoms with Crippen molar-refractivity contribution in [2.75, 3.05) is 47.6 Å². The van der Waals surface area contributed by atoms with E-state index in [4.69, 9.17) is 9.47 Å². The average molecular weight is 209 g/mol. The molecule has 4 nitrogen and oxygen atoms in total. The Bertz CT molecular complexity index is 127. The molecule has 0 aliphatic carbocycles. The molecule has 1 unspecified atom stereocenters. The van der Waals surface area contributed by atoms with Gasteiger partial charge in [-0.3, -0.25) is 4.90 Å². The maximum atomic E-state index is 9.79. The molecule has 0 aromatic rings. The molecule has 1 fully saturated rings. The first-order chi connectivity index (χ1) is 6.78. The molecule has 5 heteroatoms. The molecule has 1 atom stereocenters. The highest BCUT2D eigenvalue weighted by molar-refractivity contribution is 4.74. The van der Waals surface area contributed by atoms with E-state index >= 15 is 0 Å². The largest absolute Gasteiger partial charge is 0.383 e. The Morgan fingerprint density at radius 1 is 1.36 bits per heavy atom. The van der Waals surface area contributed by atoms with Crippen LogP contribution in [0, 0.1) is 0 Å². The zero-order valence-corrected chi connectivity index (χ0v) is 9.16. The van der Waals surface area contributed by atoms with Crippen molar-refractivity contribution in [3.63, 3.8) is 0 Å². The molecule has 1 heterocycles. The molecule has 0 bridgehead atoms. The lowest BCUT2D eigenvalue weighted by molar-refractivity contribution is -0.0960. The van der Waals surface area contributed by atoms with E-state index in [0.717, 1.165) is 33.4 Å². The number of hydrogen-bond acceptors (Lipinski definition) is 4. The number of halogens is 1. The second kappa shape index (κ2) is 9.33. The third-order valence-corrected chi connectivity index (χ3v) is 2.17. The minimum Gasteiger partial charge on any atom is -0.383 e. The van der Waals surface area contributed by atoms with Crippen molar-refractivity contribution < 1.29 is 18.9 Å². The number of methoxy groups -OCH3 is 2. The van der Waals surface area contributed by atoms with Crippen LogP contribution < -0.4 is 0 Å². The summed E-state index contributed by atoms with van der Waals surface area (Å²) in [6.45, 7) is 4.09. The Hall–Kier alpha value is -0.230. The molecule has 0 radical (unpaired) electrons. The number of likely N-dealkylation sites (tertiary alicyclic amines) is 1. The van der Waals surface area contributed by atoms with Gasteiger partial charge in [-0.2, -0.15) is 4.94 Å². The lowest BCUT2D eigenvalue weighted by Crippen LogP contribution is -2.26. The van der Waals surface area contributed by atoms with E-state index < -0.39 is 0 Å². The third kappa shape index (κ3) is 6.26. The zero-order chi connectivity index (χ0) is 10.8. The van der Waals surface area contributed by atoms with Crippen molar-refractivity contribution in [2.45, 2.75) is 12.5 Å². The quantitative estimate of drug-likeness (QED) is 0.687. The maximum absolute atomic E-state index is 9.79. The minimum absolute atomic E-state index is 0.451. The van der Waals surface area contributed by atoms with Crippen LogP contribution in [-0.4, -0.2) is 58.6 Å². The number of nitrogens with zero attached hydrogens (tertiary/aromatic N) is 1. The van der Waals surface area contributed by atoms with Gasteiger partial charge >= 0.3 is 0 Å². The Morgan fingerprint density at radius 3 is 2.43 bits per heavy atom. The molecule has 14 heavy (non-hydrogen) atoms. The SMILES string of the molecule is COCCN1CCC(OC)C1.COF. The summed E-state index contributed by atoms with van der Waals surface area (Å²) in [7, 11) is 4.48. The monoisotopic (exact) mass is 209 g/mol. The van der Waals surface area contributed by atoms with Gasteiger partial charge in [-0.1, -0.05) is 0 Å². The fraction of sp³-hybridized carbons (Fsp3) is 1.00. The van der Waals surface area contributed by atoms with Gasteiger partial charge < -0.3 is 9.47 Å². The normalized spacial score (nSPS) is 21.9. The van der Waals surface area contributed by atoms with E-state index in [2.05, 4.69) is 9.84 Å². The van der Waals surface area contributed by atoms with Crippen LogP contribution in [0.1, 0.15) is 6.42 Å². The molecule has 1 aliphatic heterocycles. The third-order valence-electron chi connectivity index (χ3n) is 2.17. The van der Waals surface area contributed by atoms with Gasteiger partial charge in [0.05, 0.1) is 19.8 Å². The van der Waals surface area contributed by atoms with Crippen LogP contribution in [0.3, 0.4) is 0 Å². The van der Waals surface area contributed by atoms with E-state index in [1.54, 1.807) is 14.2 Å². The fourth-order valence-corrected chi connectivity index (χ4v) is 1.41. The lowest BCUT2D eigenvalue weighted by Gasteiger charge is -2.14. The van der Waals surface area contributed by atoms with Gasteiger partial charge in [-0.15, -0.1) is 0 Å². The summed E-state index contributed by atoms with van der Waals surface area (Å²) >= 11 is 0. The Balaban J connectivity index is 0.000000500. The number of rotatable bonds is 4. The van der Waals surface area contributed by atoms with Crippen LogP contribution in [0.2, 0.25) is 0 Å². The predicted molar refractivity (Wildman–Crippen MR) is 51.8 cm³/mol. The van der Waals surface area contributed by atoms with Gasteiger partial charge in [0, 0.05) is 33.9 Å². The molecule has 1 rings (SSSR count). The molecule has 0 aromatic heterocycles. The average Bonchev–Trinajstić information content (AvgIpc) is 2.63. The first-order valence-corrected chi connectivity index (χ1v) is 4.67. The lowest BCUT2D eigenvalue weighted by atomic mass is 10.3. The van der Waals surface area contributed by atoms with Gasteiger partial charge in [-0.05, 0) is 10.9 Å². The molecule has 0 saturated carbocycles. The molecule has 0 aromatic carbocycles. The van der Waals surface area contributed by atoms with Crippen molar-refractivity contribution in [3.05, 3.63) is 0 Å². The smallest absolute Gasteiger partial charge is 0.0766 e. The maximum Gasteiger partial charge on any atom is 0.0766 e. The van der Waals surface area contributed by atoms with Gasteiger partial charge in [0.25, 0.3) is 0 Å². The summed E-state index contributed by atoms with van der Waals surface area (Å²) in [4.78, 5) is 5.12. The highest BCUT2D eigenvalue weighted by atomic mass is 19.3. The van der Waals surface area contributed by atoms with Crippen molar-refractivity contribution in [1.82, 2.24) is 4.90 Å². The number of hydrogen-bond donors (Lipinski definition) is 0. The van der Waals surface area contributed by atoms with E-state index in [1.807, 2.05) is 0 Å². The van der Waals surface area contributed by atoms with E-state index in [9.17, 15) is 4.53 Å². The first kappa shape index (κ1) is 13.8. The molecule has 86 valence electrons. The molecular weight excluding hydrogens is 189 g/mol. The summed E-state index contributed by atoms with van der Waals surface area (Å²) in [6.07, 6.45) is 1.62. The Morgan fingerprint density at radius 2 is 2.00 bits per heavy atom. The summed E-state index contributed by atoms with van der Waals surface area (Å²) < 4.78 is 20.0. The topological polar surface area (TPSA) is 30.9 Å². The van der Waals surface area contributed by atoms with Gasteiger partial charge in [0.15, 0.2) is 0 Å². The Labute approximate surface area is 84.8 Å². The summed E-state index contributed by atoms with van der Waals surface area (Å²) in [5, 5.41) is 0. The van der Waals surface area contributed by atoms with Crippen LogP contribution in [0.15, 0.2) is 0 Å². The summed E-state index contributed by atoms with van der Waals surface area (Å²) in [5.41, 5.74) is 0. The van der Waals surface area contributed by atoms with Crippen molar-refractivity contribution in [1.29, 1.82) is 0 Å². The Kier molecular flexibility index (Phi) is 9.18. The standard InChI is InChI=1S/C8H17NO2.CH3FO/c1-10-6-5-9-4-3-8(7-9)11-2;1-3-2/h8H,3-7H2,1-2H3;1H3. The van der Waals surface area contributed by atoms with Crippen molar-refractivity contribution >= 4 is 0 Å². The van der Waals surface area contributed by atoms with Gasteiger partial charge in [-0.25, -0.2) is 0 Å². The fourth-order valence-electron chi connectivity index (χ4n) is 1.41. The van der Waals surface area contributed by atoms with Crippen molar-refractivity contribution in [2.24, 2.45) is 0 Å². The van der Waals surface area contributed by atoms with Crippen LogP contribution in [0.25, 0.3) is 0 Å². The van der Waals surface area contributed by atoms with E-state index in [-0.39, 0.29) is 0 Å². The first-order valence-electron chi connectivity index (χ1n) is 4.67. The van der Waals surface area contributed by atoms with Crippen LogP contribution in [0.5, 0.6) is 0 Å². The highest BCUT2D eigenvalue weighted by Gasteiger charge is 2.20. The van der Waals surface area contributed by atoms with Crippen molar-refractivity contribution in [3.8, 4) is 0 Å². The molecule has 0 spiro atoms. The molecule has 0 N–H and O–H groups in total. The zero-order valence-electron chi connectivity index (χ0n) is 9.16. The molecule has 1 aliphatic rings. The van der Waals surface area contributed by atoms with E-state index in [0.29, 0.717) is 6.10 Å². The second-order valence-electron chi connectivity index (χ2n) is 3.09. The highest BCUT2D eigenvalue weighted by Crippen LogP contribution is 2.10. The molecule has 0 amide bonds. The number of ether oxygens (including phenoxy) is 2. The molecular formula is C9H20FNO3. The van der Waals surface area contributed by atoms with Gasteiger partial charge in [0.1, 0.15) is 0 Å². The summed E-state index contributed by atoms with van der Waals surface area (Å²) in [6, 6.07) is 0. The van der Waals surface area contributed by atoms with E-state index in [1.165, 1.54) is 6.42 Å².